The Bertz CT molecular complexity index is 880. The van der Waals surface area contributed by atoms with E-state index in [1.165, 1.54) is 0 Å². The number of carbonyl (C=O) groups excluding carboxylic acids is 1. The number of anilines is 1. The van der Waals surface area contributed by atoms with Crippen molar-refractivity contribution >= 4 is 11.6 Å². The zero-order valence-electron chi connectivity index (χ0n) is 15.5. The number of methoxy groups -OCH3 is 2. The van der Waals surface area contributed by atoms with Crippen LogP contribution in [0.25, 0.3) is 0 Å². The molecule has 0 radical (unpaired) electrons. The second-order valence-electron chi connectivity index (χ2n) is 6.07. The summed E-state index contributed by atoms with van der Waals surface area (Å²) in [6.07, 6.45) is 3.79. The fraction of sp³-hybridized carbons (Fsp3) is 0.182. The first kappa shape index (κ1) is 18.5. The van der Waals surface area contributed by atoms with Gasteiger partial charge in [0.25, 0.3) is 0 Å². The van der Waals surface area contributed by atoms with E-state index in [-0.39, 0.29) is 5.91 Å². The third kappa shape index (κ3) is 4.85. The molecule has 3 rings (SSSR count). The van der Waals surface area contributed by atoms with Crippen LogP contribution in [0.2, 0.25) is 0 Å². The summed E-state index contributed by atoms with van der Waals surface area (Å²) < 4.78 is 10.5. The summed E-state index contributed by atoms with van der Waals surface area (Å²) in [6.45, 7) is 0.440. The van der Waals surface area contributed by atoms with Crippen LogP contribution >= 0.6 is 0 Å². The average molecular weight is 362 g/mol. The van der Waals surface area contributed by atoms with E-state index in [4.69, 9.17) is 9.47 Å². The predicted molar refractivity (Wildman–Crippen MR) is 105 cm³/mol. The lowest BCUT2D eigenvalue weighted by molar-refractivity contribution is -0.118. The topological polar surface area (TPSA) is 51.7 Å². The third-order valence-corrected chi connectivity index (χ3v) is 4.24. The summed E-state index contributed by atoms with van der Waals surface area (Å²) in [5.41, 5.74) is 2.68. The minimum Gasteiger partial charge on any atom is -0.497 e. The maximum Gasteiger partial charge on any atom is 0.231 e. The van der Waals surface area contributed by atoms with Gasteiger partial charge in [-0.3, -0.25) is 9.78 Å². The number of nitrogens with zero attached hydrogens (tertiary/aromatic N) is 2. The van der Waals surface area contributed by atoms with Gasteiger partial charge in [-0.15, -0.1) is 0 Å². The largest absolute Gasteiger partial charge is 0.497 e. The van der Waals surface area contributed by atoms with Crippen LogP contribution in [-0.2, 0) is 17.8 Å². The highest BCUT2D eigenvalue weighted by atomic mass is 16.5. The molecule has 27 heavy (non-hydrogen) atoms. The molecule has 1 aromatic heterocycles. The smallest absolute Gasteiger partial charge is 0.231 e. The van der Waals surface area contributed by atoms with E-state index >= 15 is 0 Å². The Morgan fingerprint density at radius 1 is 0.926 bits per heavy atom. The molecule has 138 valence electrons. The quantitative estimate of drug-likeness (QED) is 0.640. The van der Waals surface area contributed by atoms with Gasteiger partial charge in [0.15, 0.2) is 0 Å². The second kappa shape index (κ2) is 8.85. The minimum atomic E-state index is -0.00253. The van der Waals surface area contributed by atoms with Gasteiger partial charge in [0, 0.05) is 24.1 Å². The zero-order valence-corrected chi connectivity index (χ0v) is 15.5. The Labute approximate surface area is 159 Å². The summed E-state index contributed by atoms with van der Waals surface area (Å²) in [4.78, 5) is 19.0. The number of hydrogen-bond donors (Lipinski definition) is 0. The Balaban J connectivity index is 1.86. The molecule has 0 N–H and O–H groups in total. The van der Waals surface area contributed by atoms with Gasteiger partial charge in [0.1, 0.15) is 11.5 Å². The van der Waals surface area contributed by atoms with Crippen LogP contribution in [-0.4, -0.2) is 25.1 Å². The molecule has 3 aromatic rings. The number of benzene rings is 2. The summed E-state index contributed by atoms with van der Waals surface area (Å²) in [5, 5.41) is 0. The molecule has 0 bridgehead atoms. The van der Waals surface area contributed by atoms with Gasteiger partial charge in [0.05, 0.1) is 27.2 Å². The fourth-order valence-electron chi connectivity index (χ4n) is 2.79. The summed E-state index contributed by atoms with van der Waals surface area (Å²) in [7, 11) is 3.24. The molecule has 0 unspecified atom stereocenters. The van der Waals surface area contributed by atoms with Gasteiger partial charge in [-0.25, -0.2) is 0 Å². The molecule has 5 nitrogen and oxygen atoms in total. The van der Waals surface area contributed by atoms with Gasteiger partial charge in [-0.05, 0) is 41.5 Å². The highest BCUT2D eigenvalue weighted by molar-refractivity contribution is 5.94. The molecule has 2 aromatic carbocycles. The first-order valence-corrected chi connectivity index (χ1v) is 8.66. The number of hydrogen-bond acceptors (Lipinski definition) is 4. The van der Waals surface area contributed by atoms with Gasteiger partial charge in [0.2, 0.25) is 5.91 Å². The van der Waals surface area contributed by atoms with Gasteiger partial charge < -0.3 is 14.4 Å². The molecular formula is C22H22N2O3. The lowest BCUT2D eigenvalue weighted by Crippen LogP contribution is -2.31. The van der Waals surface area contributed by atoms with Crippen molar-refractivity contribution in [1.29, 1.82) is 0 Å². The Hall–Kier alpha value is -3.34. The van der Waals surface area contributed by atoms with Crippen molar-refractivity contribution in [2.75, 3.05) is 19.1 Å². The van der Waals surface area contributed by atoms with E-state index < -0.39 is 0 Å². The van der Waals surface area contributed by atoms with Gasteiger partial charge in [-0.2, -0.15) is 0 Å². The monoisotopic (exact) mass is 362 g/mol. The van der Waals surface area contributed by atoms with Crippen molar-refractivity contribution < 1.29 is 14.3 Å². The Kier molecular flexibility index (Phi) is 6.05. The van der Waals surface area contributed by atoms with Crippen molar-refractivity contribution in [3.05, 3.63) is 84.2 Å². The van der Waals surface area contributed by atoms with E-state index in [0.29, 0.717) is 18.7 Å². The first-order valence-electron chi connectivity index (χ1n) is 8.66. The zero-order chi connectivity index (χ0) is 19.1. The van der Waals surface area contributed by atoms with Gasteiger partial charge in [-0.1, -0.05) is 24.3 Å². The van der Waals surface area contributed by atoms with E-state index in [0.717, 1.165) is 22.6 Å². The van der Waals surface area contributed by atoms with Crippen molar-refractivity contribution in [2.24, 2.45) is 0 Å². The van der Waals surface area contributed by atoms with E-state index in [2.05, 4.69) is 4.98 Å². The van der Waals surface area contributed by atoms with Crippen LogP contribution in [0.15, 0.2) is 73.1 Å². The number of pyridine rings is 1. The van der Waals surface area contributed by atoms with E-state index in [1.54, 1.807) is 31.5 Å². The SMILES string of the molecule is COc1ccc(CC(=O)N(Cc2cccnc2)c2cccc(OC)c2)cc1. The van der Waals surface area contributed by atoms with E-state index in [9.17, 15) is 4.79 Å². The van der Waals surface area contributed by atoms with Crippen LogP contribution in [0.5, 0.6) is 11.5 Å². The Morgan fingerprint density at radius 3 is 2.37 bits per heavy atom. The molecule has 0 aliphatic rings. The first-order chi connectivity index (χ1) is 13.2. The Morgan fingerprint density at radius 2 is 1.70 bits per heavy atom. The van der Waals surface area contributed by atoms with Crippen molar-refractivity contribution in [3.63, 3.8) is 0 Å². The molecular weight excluding hydrogens is 340 g/mol. The highest BCUT2D eigenvalue weighted by Crippen LogP contribution is 2.24. The third-order valence-electron chi connectivity index (χ3n) is 4.24. The van der Waals surface area contributed by atoms with Crippen LogP contribution < -0.4 is 14.4 Å². The number of carbonyl (C=O) groups is 1. The lowest BCUT2D eigenvalue weighted by atomic mass is 10.1. The normalized spacial score (nSPS) is 10.3. The summed E-state index contributed by atoms with van der Waals surface area (Å²) >= 11 is 0. The minimum absolute atomic E-state index is 0.00253. The molecule has 5 heteroatoms. The van der Waals surface area contributed by atoms with Crippen LogP contribution in [0.1, 0.15) is 11.1 Å². The molecule has 0 spiro atoms. The second-order valence-corrected chi connectivity index (χ2v) is 6.07. The number of rotatable bonds is 7. The van der Waals surface area contributed by atoms with Crippen LogP contribution in [0.4, 0.5) is 5.69 Å². The number of amides is 1. The lowest BCUT2D eigenvalue weighted by Gasteiger charge is -2.23. The van der Waals surface area contributed by atoms with Crippen molar-refractivity contribution in [3.8, 4) is 11.5 Å². The van der Waals surface area contributed by atoms with Crippen LogP contribution in [0.3, 0.4) is 0 Å². The molecule has 0 aliphatic heterocycles. The van der Waals surface area contributed by atoms with Crippen molar-refractivity contribution in [1.82, 2.24) is 4.98 Å². The molecule has 0 saturated heterocycles. The summed E-state index contributed by atoms with van der Waals surface area (Å²) in [6, 6.07) is 18.9. The van der Waals surface area contributed by atoms with Crippen molar-refractivity contribution in [2.45, 2.75) is 13.0 Å². The average Bonchev–Trinajstić information content (AvgIpc) is 2.73. The number of ether oxygens (including phenoxy) is 2. The van der Waals surface area contributed by atoms with E-state index in [1.807, 2.05) is 60.7 Å². The van der Waals surface area contributed by atoms with Gasteiger partial charge >= 0.3 is 0 Å². The maximum atomic E-state index is 13.1. The molecule has 1 heterocycles. The molecule has 0 fully saturated rings. The van der Waals surface area contributed by atoms with Crippen LogP contribution in [0, 0.1) is 0 Å². The maximum absolute atomic E-state index is 13.1. The predicted octanol–water partition coefficient (Wildman–Crippen LogP) is 3.87. The number of aromatic nitrogens is 1. The molecule has 0 atom stereocenters. The highest BCUT2D eigenvalue weighted by Gasteiger charge is 2.17. The molecule has 1 amide bonds. The summed E-state index contributed by atoms with van der Waals surface area (Å²) in [5.74, 6) is 1.48. The molecule has 0 saturated carbocycles. The molecule has 0 aliphatic carbocycles. The standard InChI is InChI=1S/C22H22N2O3/c1-26-20-10-8-17(9-11-20)13-22(25)24(16-18-5-4-12-23-15-18)19-6-3-7-21(14-19)27-2/h3-12,14-15H,13,16H2,1-2H3. The fourth-order valence-corrected chi connectivity index (χ4v) is 2.79.